The van der Waals surface area contributed by atoms with Crippen molar-refractivity contribution in [3.05, 3.63) is 4.91 Å². The summed E-state index contributed by atoms with van der Waals surface area (Å²) in [7, 11) is 0. The number of nitrogens with zero attached hydrogens (tertiary/aromatic N) is 1. The predicted molar refractivity (Wildman–Crippen MR) is 37.8 cm³/mol. The van der Waals surface area contributed by atoms with Gasteiger partial charge in [0, 0.05) is 0 Å². The lowest BCUT2D eigenvalue weighted by molar-refractivity contribution is 0.0420. The van der Waals surface area contributed by atoms with Gasteiger partial charge in [-0.25, -0.2) is 0 Å². The fraction of sp³-hybridized carbons (Fsp3) is 1.00. The summed E-state index contributed by atoms with van der Waals surface area (Å²) in [5, 5.41) is 11.4. The summed E-state index contributed by atoms with van der Waals surface area (Å²) in [6, 6.07) is -0.321. The van der Waals surface area contributed by atoms with Crippen molar-refractivity contribution >= 4 is 0 Å². The van der Waals surface area contributed by atoms with Gasteiger partial charge in [0.2, 0.25) is 0 Å². The lowest BCUT2D eigenvalue weighted by atomic mass is 10.4. The van der Waals surface area contributed by atoms with Crippen LogP contribution in [0.3, 0.4) is 0 Å². The molecule has 0 aliphatic rings. The highest BCUT2D eigenvalue weighted by atomic mass is 16.5. The molecule has 0 aromatic carbocycles. The molecule has 0 aliphatic heterocycles. The minimum Gasteiger partial charge on any atom is -0.391 e. The Labute approximate surface area is 60.2 Å². The Balaban J connectivity index is 3.11. The van der Waals surface area contributed by atoms with Crippen molar-refractivity contribution in [3.63, 3.8) is 0 Å². The molecule has 0 saturated heterocycles. The van der Waals surface area contributed by atoms with Gasteiger partial charge in [-0.05, 0) is 13.8 Å². The first-order valence-corrected chi connectivity index (χ1v) is 3.25. The summed E-state index contributed by atoms with van der Waals surface area (Å²) in [6.07, 6.45) is -0.473. The van der Waals surface area contributed by atoms with Gasteiger partial charge >= 0.3 is 0 Å². The number of hydrogen-bond donors (Lipinski definition) is 1. The molecule has 10 heavy (non-hydrogen) atoms. The maximum absolute atomic E-state index is 9.79. The molecule has 1 N–H and O–H groups in total. The molecule has 4 heteroatoms. The molecular weight excluding hydrogens is 134 g/mol. The summed E-state index contributed by atoms with van der Waals surface area (Å²) in [6.45, 7) is 3.84. The second-order valence-electron chi connectivity index (χ2n) is 2.34. The van der Waals surface area contributed by atoms with E-state index in [2.05, 4.69) is 5.18 Å². The van der Waals surface area contributed by atoms with E-state index in [1.165, 1.54) is 0 Å². The van der Waals surface area contributed by atoms with E-state index in [0.717, 1.165) is 0 Å². The highest BCUT2D eigenvalue weighted by molar-refractivity contribution is 4.55. The van der Waals surface area contributed by atoms with Gasteiger partial charge in [-0.1, -0.05) is 5.18 Å². The zero-order chi connectivity index (χ0) is 7.98. The van der Waals surface area contributed by atoms with E-state index in [1.807, 2.05) is 0 Å². The number of nitroso groups, excluding NO2 is 1. The summed E-state index contributed by atoms with van der Waals surface area (Å²) in [5.74, 6) is 0. The second-order valence-corrected chi connectivity index (χ2v) is 2.34. The van der Waals surface area contributed by atoms with Gasteiger partial charge in [-0.2, -0.15) is 4.91 Å². The highest BCUT2D eigenvalue weighted by Gasteiger charge is 2.01. The first-order chi connectivity index (χ1) is 4.66. The highest BCUT2D eigenvalue weighted by Crippen LogP contribution is 1.90. The van der Waals surface area contributed by atoms with Gasteiger partial charge in [0.25, 0.3) is 0 Å². The SMILES string of the molecule is CC(O)COCC(C)N=O. The van der Waals surface area contributed by atoms with E-state index < -0.39 is 6.10 Å². The number of rotatable bonds is 5. The second kappa shape index (κ2) is 5.32. The molecule has 0 amide bonds. The van der Waals surface area contributed by atoms with Crippen LogP contribution in [0, 0.1) is 4.91 Å². The van der Waals surface area contributed by atoms with E-state index in [0.29, 0.717) is 0 Å². The predicted octanol–water partition coefficient (Wildman–Crippen LogP) is 0.539. The third-order valence-corrected chi connectivity index (χ3v) is 0.898. The van der Waals surface area contributed by atoms with E-state index in [1.54, 1.807) is 13.8 Å². The first kappa shape index (κ1) is 9.52. The molecule has 0 aromatic heterocycles. The van der Waals surface area contributed by atoms with Crippen LogP contribution in [0.2, 0.25) is 0 Å². The normalized spacial score (nSPS) is 16.3. The van der Waals surface area contributed by atoms with Crippen molar-refractivity contribution < 1.29 is 9.84 Å². The van der Waals surface area contributed by atoms with Crippen LogP contribution in [0.25, 0.3) is 0 Å². The molecule has 0 heterocycles. The Hall–Kier alpha value is -0.480. The maximum Gasteiger partial charge on any atom is 0.112 e. The van der Waals surface area contributed by atoms with Crippen LogP contribution in [0.1, 0.15) is 13.8 Å². The molecule has 2 atom stereocenters. The zero-order valence-corrected chi connectivity index (χ0v) is 6.28. The molecule has 0 fully saturated rings. The molecule has 4 nitrogen and oxygen atoms in total. The van der Waals surface area contributed by atoms with Gasteiger partial charge < -0.3 is 9.84 Å². The van der Waals surface area contributed by atoms with E-state index in [9.17, 15) is 4.91 Å². The molecule has 0 saturated carbocycles. The number of hydrogen-bond acceptors (Lipinski definition) is 4. The van der Waals surface area contributed by atoms with Crippen molar-refractivity contribution in [2.45, 2.75) is 26.0 Å². The van der Waals surface area contributed by atoms with E-state index in [4.69, 9.17) is 9.84 Å². The lowest BCUT2D eigenvalue weighted by Gasteiger charge is -2.06. The van der Waals surface area contributed by atoms with Gasteiger partial charge in [0.05, 0.1) is 19.3 Å². The van der Waals surface area contributed by atoms with Crippen LogP contribution in [0.5, 0.6) is 0 Å². The molecule has 0 aromatic rings. The number of ether oxygens (including phenoxy) is 1. The smallest absolute Gasteiger partial charge is 0.112 e. The Kier molecular flexibility index (Phi) is 5.06. The summed E-state index contributed by atoms with van der Waals surface area (Å²) >= 11 is 0. The molecule has 0 radical (unpaired) electrons. The average molecular weight is 147 g/mol. The quantitative estimate of drug-likeness (QED) is 0.577. The molecule has 0 spiro atoms. The molecule has 0 aliphatic carbocycles. The van der Waals surface area contributed by atoms with Crippen molar-refractivity contribution in [1.82, 2.24) is 0 Å². The summed E-state index contributed by atoms with van der Waals surface area (Å²) in [4.78, 5) is 9.79. The zero-order valence-electron chi connectivity index (χ0n) is 6.28. The maximum atomic E-state index is 9.79. The van der Waals surface area contributed by atoms with Crippen LogP contribution in [0.15, 0.2) is 5.18 Å². The number of aliphatic hydroxyl groups is 1. The van der Waals surface area contributed by atoms with Gasteiger partial charge in [0.1, 0.15) is 6.04 Å². The van der Waals surface area contributed by atoms with Crippen LogP contribution >= 0.6 is 0 Å². The van der Waals surface area contributed by atoms with Crippen LogP contribution in [0.4, 0.5) is 0 Å². The van der Waals surface area contributed by atoms with Crippen molar-refractivity contribution in [1.29, 1.82) is 0 Å². The van der Waals surface area contributed by atoms with Crippen molar-refractivity contribution in [2.24, 2.45) is 5.18 Å². The van der Waals surface area contributed by atoms with Crippen LogP contribution in [-0.4, -0.2) is 30.5 Å². The minimum atomic E-state index is -0.473. The van der Waals surface area contributed by atoms with E-state index >= 15 is 0 Å². The standard InChI is InChI=1S/C6H13NO3/c1-5(7-9)3-10-4-6(2)8/h5-6,8H,3-4H2,1-2H3. The Morgan fingerprint density at radius 1 is 1.50 bits per heavy atom. The fourth-order valence-electron chi connectivity index (χ4n) is 0.440. The topological polar surface area (TPSA) is 58.9 Å². The Morgan fingerprint density at radius 2 is 2.10 bits per heavy atom. The molecule has 2 unspecified atom stereocenters. The van der Waals surface area contributed by atoms with Crippen molar-refractivity contribution in [3.8, 4) is 0 Å². The van der Waals surface area contributed by atoms with Gasteiger partial charge in [-0.15, -0.1) is 0 Å². The third kappa shape index (κ3) is 5.65. The monoisotopic (exact) mass is 147 g/mol. The molecular formula is C6H13NO3. The van der Waals surface area contributed by atoms with Crippen LogP contribution < -0.4 is 0 Å². The van der Waals surface area contributed by atoms with Crippen molar-refractivity contribution in [2.75, 3.05) is 13.2 Å². The average Bonchev–Trinajstić information content (AvgIpc) is 1.87. The Morgan fingerprint density at radius 3 is 2.50 bits per heavy atom. The van der Waals surface area contributed by atoms with E-state index in [-0.39, 0.29) is 19.3 Å². The van der Waals surface area contributed by atoms with Crippen LogP contribution in [-0.2, 0) is 4.74 Å². The molecule has 60 valence electrons. The molecule has 0 bridgehead atoms. The first-order valence-electron chi connectivity index (χ1n) is 3.25. The summed E-state index contributed by atoms with van der Waals surface area (Å²) < 4.78 is 4.90. The number of aliphatic hydroxyl groups excluding tert-OH is 1. The summed E-state index contributed by atoms with van der Waals surface area (Å²) in [5.41, 5.74) is 0. The largest absolute Gasteiger partial charge is 0.391 e. The fourth-order valence-corrected chi connectivity index (χ4v) is 0.440. The molecule has 0 rings (SSSR count). The minimum absolute atomic E-state index is 0.264. The van der Waals surface area contributed by atoms with Gasteiger partial charge in [-0.3, -0.25) is 0 Å². The Bertz CT molecular complexity index is 95.0. The third-order valence-electron chi connectivity index (χ3n) is 0.898. The van der Waals surface area contributed by atoms with Gasteiger partial charge in [0.15, 0.2) is 0 Å². The lowest BCUT2D eigenvalue weighted by Crippen LogP contribution is -2.15.